The molecule has 1 aromatic heterocycles. The Morgan fingerprint density at radius 3 is 2.55 bits per heavy atom. The summed E-state index contributed by atoms with van der Waals surface area (Å²) in [5.74, 6) is 0.186. The number of carbonyl (C=O) groups is 2. The van der Waals surface area contributed by atoms with Crippen LogP contribution in [0, 0.1) is 6.92 Å². The third-order valence-electron chi connectivity index (χ3n) is 4.61. The molecule has 31 heavy (non-hydrogen) atoms. The van der Waals surface area contributed by atoms with Crippen LogP contribution in [0.4, 0.5) is 0 Å². The molecule has 1 N–H and O–H groups in total. The van der Waals surface area contributed by atoms with Crippen molar-refractivity contribution >= 4 is 17.6 Å². The minimum absolute atomic E-state index is 0.124. The fraction of sp³-hybridized carbons (Fsp3) is 0.208. The number of hydrazone groups is 1. The van der Waals surface area contributed by atoms with Crippen LogP contribution in [0.1, 0.15) is 30.4 Å². The molecule has 0 bridgehead atoms. The first-order valence-corrected chi connectivity index (χ1v) is 9.84. The second-order valence-corrected chi connectivity index (χ2v) is 6.94. The lowest BCUT2D eigenvalue weighted by atomic mass is 10.1. The minimum Gasteiger partial charge on any atom is -0.550 e. The van der Waals surface area contributed by atoms with Gasteiger partial charge in [0.1, 0.15) is 17.3 Å². The maximum atomic E-state index is 12.2. The number of ether oxygens (including phenoxy) is 1. The number of hydrogen-bond donors (Lipinski definition) is 1. The molecule has 1 amide bonds. The molecule has 0 aliphatic heterocycles. The quantitative estimate of drug-likeness (QED) is 0.424. The molecule has 0 saturated heterocycles. The summed E-state index contributed by atoms with van der Waals surface area (Å²) in [6, 6.07) is 19.0. The Balaban J connectivity index is 1.60. The fourth-order valence-electron chi connectivity index (χ4n) is 3.08. The molecule has 0 aliphatic rings. The number of aliphatic carboxylic acids is 1. The summed E-state index contributed by atoms with van der Waals surface area (Å²) in [5, 5.41) is 14.7. The predicted molar refractivity (Wildman–Crippen MR) is 114 cm³/mol. The Labute approximate surface area is 180 Å². The maximum Gasteiger partial charge on any atom is 0.277 e. The van der Waals surface area contributed by atoms with E-state index in [2.05, 4.69) is 10.5 Å². The average molecular weight is 419 g/mol. The van der Waals surface area contributed by atoms with Gasteiger partial charge in [-0.1, -0.05) is 48.5 Å². The van der Waals surface area contributed by atoms with E-state index >= 15 is 0 Å². The smallest absolute Gasteiger partial charge is 0.277 e. The molecule has 160 valence electrons. The number of carbonyl (C=O) groups excluding carboxylic acids is 2. The van der Waals surface area contributed by atoms with Gasteiger partial charge in [-0.05, 0) is 38.0 Å². The summed E-state index contributed by atoms with van der Waals surface area (Å²) in [7, 11) is 0. The highest BCUT2D eigenvalue weighted by Crippen LogP contribution is 2.29. The van der Waals surface area contributed by atoms with Crippen LogP contribution in [0.3, 0.4) is 0 Å². The van der Waals surface area contributed by atoms with Gasteiger partial charge in [-0.25, -0.2) is 5.43 Å². The zero-order chi connectivity index (χ0) is 22.2. The number of para-hydroxylation sites is 1. The monoisotopic (exact) mass is 419 g/mol. The van der Waals surface area contributed by atoms with Gasteiger partial charge in [0.2, 0.25) is 0 Å². The van der Waals surface area contributed by atoms with Crippen molar-refractivity contribution < 1.29 is 23.8 Å². The topological polar surface area (TPSA) is 104 Å². The molecule has 0 spiro atoms. The average Bonchev–Trinajstić information content (AvgIpc) is 3.16. The van der Waals surface area contributed by atoms with Gasteiger partial charge < -0.3 is 19.1 Å². The molecule has 3 aromatic rings. The maximum absolute atomic E-state index is 12.2. The summed E-state index contributed by atoms with van der Waals surface area (Å²) in [5.41, 5.74) is 5.61. The van der Waals surface area contributed by atoms with Crippen molar-refractivity contribution in [1.82, 2.24) is 5.43 Å². The Hall–Kier alpha value is -3.87. The molecule has 0 unspecified atom stereocenters. The van der Waals surface area contributed by atoms with Crippen molar-refractivity contribution in [2.24, 2.45) is 5.10 Å². The van der Waals surface area contributed by atoms with Crippen LogP contribution in [0.2, 0.25) is 0 Å². The van der Waals surface area contributed by atoms with E-state index in [1.54, 1.807) is 19.9 Å². The number of rotatable bonds is 9. The molecule has 1 heterocycles. The molecule has 7 heteroatoms. The molecule has 2 aromatic carbocycles. The zero-order valence-electron chi connectivity index (χ0n) is 17.4. The Morgan fingerprint density at radius 2 is 1.81 bits per heavy atom. The van der Waals surface area contributed by atoms with Crippen molar-refractivity contribution in [2.45, 2.75) is 26.7 Å². The Morgan fingerprint density at radius 1 is 1.10 bits per heavy atom. The van der Waals surface area contributed by atoms with Crippen molar-refractivity contribution in [3.8, 4) is 16.9 Å². The van der Waals surface area contributed by atoms with Crippen LogP contribution in [-0.4, -0.2) is 24.2 Å². The van der Waals surface area contributed by atoms with Crippen LogP contribution in [-0.2, 0) is 16.0 Å². The van der Waals surface area contributed by atoms with Crippen molar-refractivity contribution in [2.75, 3.05) is 6.61 Å². The SMILES string of the molecule is C/C(=N/NC(=O)COc1ccccc1-c1ccccc1)c1cc(CCC(=O)[O-])oc1C. The predicted octanol–water partition coefficient (Wildman–Crippen LogP) is 2.86. The third kappa shape index (κ3) is 6.05. The molecule has 0 fully saturated rings. The standard InChI is InChI=1S/C24H24N2O5/c1-16(21-14-19(31-17(21)2)12-13-24(28)29)25-26-23(27)15-30-22-11-7-6-10-20(22)18-8-4-3-5-9-18/h3-11,14H,12-13,15H2,1-2H3,(H,26,27)(H,28,29)/p-1/b25-16-. The van der Waals surface area contributed by atoms with Gasteiger partial charge in [0.05, 0.1) is 5.71 Å². The van der Waals surface area contributed by atoms with Gasteiger partial charge in [-0.2, -0.15) is 5.10 Å². The molecule has 7 nitrogen and oxygen atoms in total. The van der Waals surface area contributed by atoms with E-state index in [0.717, 1.165) is 11.1 Å². The summed E-state index contributed by atoms with van der Waals surface area (Å²) in [4.78, 5) is 22.8. The number of amides is 1. The van der Waals surface area contributed by atoms with Gasteiger partial charge >= 0.3 is 0 Å². The molecule has 3 rings (SSSR count). The summed E-state index contributed by atoms with van der Waals surface area (Å²) in [6.45, 7) is 3.29. The molecule has 0 aliphatic carbocycles. The second kappa shape index (κ2) is 10.2. The molecule has 0 atom stereocenters. The van der Waals surface area contributed by atoms with E-state index < -0.39 is 11.9 Å². The Kier molecular flexibility index (Phi) is 7.22. The van der Waals surface area contributed by atoms with Crippen LogP contribution in [0.25, 0.3) is 11.1 Å². The fourth-order valence-corrected chi connectivity index (χ4v) is 3.08. The van der Waals surface area contributed by atoms with Gasteiger partial charge in [0, 0.05) is 23.5 Å². The largest absolute Gasteiger partial charge is 0.550 e. The first kappa shape index (κ1) is 21.8. The van der Waals surface area contributed by atoms with Gasteiger partial charge in [-0.3, -0.25) is 4.79 Å². The number of nitrogens with zero attached hydrogens (tertiary/aromatic N) is 1. The van der Waals surface area contributed by atoms with Gasteiger partial charge in [0.15, 0.2) is 6.61 Å². The summed E-state index contributed by atoms with van der Waals surface area (Å²) >= 11 is 0. The highest BCUT2D eigenvalue weighted by molar-refractivity contribution is 6.00. The van der Waals surface area contributed by atoms with Crippen molar-refractivity contribution in [3.05, 3.63) is 77.7 Å². The van der Waals surface area contributed by atoms with Gasteiger partial charge in [-0.15, -0.1) is 0 Å². The second-order valence-electron chi connectivity index (χ2n) is 6.94. The molecule has 0 radical (unpaired) electrons. The summed E-state index contributed by atoms with van der Waals surface area (Å²) in [6.07, 6.45) is 0.110. The molecular formula is C24H23N2O5-. The zero-order valence-corrected chi connectivity index (χ0v) is 17.4. The number of aryl methyl sites for hydroxylation is 2. The van der Waals surface area contributed by atoms with E-state index in [-0.39, 0.29) is 19.4 Å². The first-order chi connectivity index (χ1) is 14.9. The van der Waals surface area contributed by atoms with Crippen LogP contribution >= 0.6 is 0 Å². The number of carboxylic acid groups (broad SMARTS) is 1. The number of nitrogens with one attached hydrogen (secondary N) is 1. The highest BCUT2D eigenvalue weighted by Gasteiger charge is 2.12. The number of hydrogen-bond acceptors (Lipinski definition) is 6. The summed E-state index contributed by atoms with van der Waals surface area (Å²) < 4.78 is 11.3. The van der Waals surface area contributed by atoms with E-state index in [4.69, 9.17) is 9.15 Å². The highest BCUT2D eigenvalue weighted by atomic mass is 16.5. The van der Waals surface area contributed by atoms with Crippen LogP contribution in [0.15, 0.2) is 70.2 Å². The molecular weight excluding hydrogens is 396 g/mol. The first-order valence-electron chi connectivity index (χ1n) is 9.84. The molecule has 0 saturated carbocycles. The van der Waals surface area contributed by atoms with Crippen molar-refractivity contribution in [1.29, 1.82) is 0 Å². The lowest BCUT2D eigenvalue weighted by molar-refractivity contribution is -0.305. The van der Waals surface area contributed by atoms with E-state index in [1.165, 1.54) is 0 Å². The minimum atomic E-state index is -1.14. The lowest BCUT2D eigenvalue weighted by Crippen LogP contribution is -2.25. The Bertz CT molecular complexity index is 1090. The number of furan rings is 1. The normalized spacial score (nSPS) is 11.2. The van der Waals surface area contributed by atoms with Crippen LogP contribution < -0.4 is 15.3 Å². The number of carboxylic acids is 1. The van der Waals surface area contributed by atoms with Crippen LogP contribution in [0.5, 0.6) is 5.75 Å². The van der Waals surface area contributed by atoms with Crippen molar-refractivity contribution in [3.63, 3.8) is 0 Å². The van der Waals surface area contributed by atoms with E-state index in [1.807, 2.05) is 54.6 Å². The van der Waals surface area contributed by atoms with Gasteiger partial charge in [0.25, 0.3) is 5.91 Å². The third-order valence-corrected chi connectivity index (χ3v) is 4.61. The van der Waals surface area contributed by atoms with E-state index in [9.17, 15) is 14.7 Å². The number of benzene rings is 2. The van der Waals surface area contributed by atoms with E-state index in [0.29, 0.717) is 28.5 Å². The lowest BCUT2D eigenvalue weighted by Gasteiger charge is -2.11.